The van der Waals surface area contributed by atoms with Crippen LogP contribution in [0.4, 0.5) is 0 Å². The zero-order chi connectivity index (χ0) is 15.1. The van der Waals surface area contributed by atoms with Crippen molar-refractivity contribution in [2.45, 2.75) is 26.4 Å². The predicted octanol–water partition coefficient (Wildman–Crippen LogP) is -0.380. The van der Waals surface area contributed by atoms with Crippen molar-refractivity contribution in [3.8, 4) is 0 Å². The quantitative estimate of drug-likeness (QED) is 0.668. The van der Waals surface area contributed by atoms with E-state index in [1.165, 1.54) is 7.11 Å². The number of ether oxygens (including phenoxy) is 2. The first kappa shape index (κ1) is 15.9. The van der Waals surface area contributed by atoms with Crippen molar-refractivity contribution < 1.29 is 28.7 Å². The van der Waals surface area contributed by atoms with Crippen LogP contribution >= 0.6 is 0 Å². The fourth-order valence-corrected chi connectivity index (χ4v) is 1.34. The smallest absolute Gasteiger partial charge is 0.355 e. The maximum absolute atomic E-state index is 11.6. The van der Waals surface area contributed by atoms with E-state index in [0.717, 1.165) is 0 Å². The topological polar surface area (TPSA) is 103 Å². The van der Waals surface area contributed by atoms with E-state index >= 15 is 0 Å². The van der Waals surface area contributed by atoms with E-state index in [2.05, 4.69) is 15.2 Å². The lowest BCUT2D eigenvalue weighted by Gasteiger charge is -2.10. The summed E-state index contributed by atoms with van der Waals surface area (Å²) in [6.45, 7) is 4.01. The molecule has 0 saturated carbocycles. The van der Waals surface area contributed by atoms with Gasteiger partial charge in [-0.2, -0.15) is 0 Å². The van der Waals surface area contributed by atoms with Crippen molar-refractivity contribution in [3.05, 3.63) is 0 Å². The molecule has 0 aromatic carbocycles. The summed E-state index contributed by atoms with van der Waals surface area (Å²) in [6, 6.07) is 0. The number of carbonyl (C=O) groups excluding carboxylic acids is 3. The lowest BCUT2D eigenvalue weighted by atomic mass is 10.2. The average molecular weight is 286 g/mol. The largest absolute Gasteiger partial charge is 0.464 e. The second-order valence-corrected chi connectivity index (χ2v) is 4.63. The molecule has 0 aromatic rings. The molecule has 8 heteroatoms. The van der Waals surface area contributed by atoms with Gasteiger partial charge in [0.2, 0.25) is 6.10 Å². The summed E-state index contributed by atoms with van der Waals surface area (Å²) in [7, 11) is 1.20. The number of amides is 1. The SMILES string of the molecule is COC(=O)C1=NOC(C(=O)OCC(=O)NCC(C)C)C1. The number of esters is 2. The molecule has 1 heterocycles. The third-order valence-corrected chi connectivity index (χ3v) is 2.41. The van der Waals surface area contributed by atoms with Crippen LogP contribution in [0, 0.1) is 5.92 Å². The van der Waals surface area contributed by atoms with Crippen LogP contribution in [0.1, 0.15) is 20.3 Å². The van der Waals surface area contributed by atoms with E-state index < -0.39 is 18.0 Å². The van der Waals surface area contributed by atoms with Crippen LogP contribution in [0.25, 0.3) is 0 Å². The number of rotatable bonds is 6. The summed E-state index contributed by atoms with van der Waals surface area (Å²) < 4.78 is 9.23. The van der Waals surface area contributed by atoms with Crippen LogP contribution in [0.5, 0.6) is 0 Å². The first-order valence-corrected chi connectivity index (χ1v) is 6.18. The molecule has 1 unspecified atom stereocenters. The number of hydrogen-bond donors (Lipinski definition) is 1. The van der Waals surface area contributed by atoms with Crippen LogP contribution in [-0.2, 0) is 28.7 Å². The van der Waals surface area contributed by atoms with E-state index in [4.69, 9.17) is 9.57 Å². The number of oxime groups is 1. The summed E-state index contributed by atoms with van der Waals surface area (Å²) in [6.07, 6.45) is -1.04. The molecule has 0 bridgehead atoms. The van der Waals surface area contributed by atoms with Gasteiger partial charge in [0.15, 0.2) is 12.3 Å². The van der Waals surface area contributed by atoms with Gasteiger partial charge in [-0.1, -0.05) is 19.0 Å². The molecule has 0 fully saturated rings. The molecule has 0 radical (unpaired) electrons. The first-order chi connectivity index (χ1) is 9.43. The zero-order valence-electron chi connectivity index (χ0n) is 11.7. The zero-order valence-corrected chi connectivity index (χ0v) is 11.7. The Bertz CT molecular complexity index is 418. The maximum atomic E-state index is 11.6. The van der Waals surface area contributed by atoms with Crippen molar-refractivity contribution in [2.75, 3.05) is 20.3 Å². The van der Waals surface area contributed by atoms with Gasteiger partial charge in [0, 0.05) is 6.54 Å². The highest BCUT2D eigenvalue weighted by Crippen LogP contribution is 2.12. The molecular weight excluding hydrogens is 268 g/mol. The molecule has 0 spiro atoms. The molecule has 8 nitrogen and oxygen atoms in total. The predicted molar refractivity (Wildman–Crippen MR) is 67.7 cm³/mol. The van der Waals surface area contributed by atoms with Crippen molar-refractivity contribution in [1.29, 1.82) is 0 Å². The lowest BCUT2D eigenvalue weighted by molar-refractivity contribution is -0.158. The van der Waals surface area contributed by atoms with E-state index in [-0.39, 0.29) is 24.6 Å². The lowest BCUT2D eigenvalue weighted by Crippen LogP contribution is -2.34. The Hall–Kier alpha value is -2.12. The summed E-state index contributed by atoms with van der Waals surface area (Å²) in [5, 5.41) is 6.04. The third-order valence-electron chi connectivity index (χ3n) is 2.41. The van der Waals surface area contributed by atoms with Gasteiger partial charge in [0.1, 0.15) is 0 Å². The Balaban J connectivity index is 2.28. The van der Waals surface area contributed by atoms with Crippen LogP contribution in [-0.4, -0.2) is 49.9 Å². The first-order valence-electron chi connectivity index (χ1n) is 6.18. The molecule has 112 valence electrons. The van der Waals surface area contributed by atoms with Gasteiger partial charge in [-0.15, -0.1) is 0 Å². The molecule has 1 amide bonds. The monoisotopic (exact) mass is 286 g/mol. The standard InChI is InChI=1S/C12H18N2O6/c1-7(2)5-13-10(15)6-19-12(17)9-4-8(14-20-9)11(16)18-3/h7,9H,4-6H2,1-3H3,(H,13,15). The van der Waals surface area contributed by atoms with E-state index in [1.807, 2.05) is 13.8 Å². The van der Waals surface area contributed by atoms with Gasteiger partial charge in [-0.05, 0) is 5.92 Å². The third kappa shape index (κ3) is 4.87. The summed E-state index contributed by atoms with van der Waals surface area (Å²) in [5.41, 5.74) is 0.0127. The molecule has 1 aliphatic rings. The van der Waals surface area contributed by atoms with Crippen molar-refractivity contribution in [3.63, 3.8) is 0 Å². The Morgan fingerprint density at radius 3 is 2.75 bits per heavy atom. The van der Waals surface area contributed by atoms with Gasteiger partial charge in [0.25, 0.3) is 5.91 Å². The number of methoxy groups -OCH3 is 1. The van der Waals surface area contributed by atoms with Gasteiger partial charge in [-0.25, -0.2) is 9.59 Å². The second kappa shape index (κ2) is 7.46. The molecule has 0 aliphatic carbocycles. The fourth-order valence-electron chi connectivity index (χ4n) is 1.34. The minimum atomic E-state index is -1.01. The number of carbonyl (C=O) groups is 3. The minimum absolute atomic E-state index is 0.0127. The van der Waals surface area contributed by atoms with E-state index in [9.17, 15) is 14.4 Å². The maximum Gasteiger partial charge on any atom is 0.355 e. The molecule has 1 rings (SSSR count). The Kier molecular flexibility index (Phi) is 5.95. The number of nitrogens with one attached hydrogen (secondary N) is 1. The Morgan fingerprint density at radius 2 is 2.15 bits per heavy atom. The fraction of sp³-hybridized carbons (Fsp3) is 0.667. The van der Waals surface area contributed by atoms with Crippen molar-refractivity contribution >= 4 is 23.6 Å². The average Bonchev–Trinajstić information content (AvgIpc) is 2.91. The van der Waals surface area contributed by atoms with Gasteiger partial charge >= 0.3 is 11.9 Å². The number of nitrogens with zero attached hydrogens (tertiary/aromatic N) is 1. The van der Waals surface area contributed by atoms with Crippen LogP contribution in [0.2, 0.25) is 0 Å². The van der Waals surface area contributed by atoms with Crippen LogP contribution < -0.4 is 5.32 Å². The highest BCUT2D eigenvalue weighted by molar-refractivity contribution is 6.37. The van der Waals surface area contributed by atoms with Crippen LogP contribution in [0.3, 0.4) is 0 Å². The van der Waals surface area contributed by atoms with E-state index in [1.54, 1.807) is 0 Å². The van der Waals surface area contributed by atoms with Crippen molar-refractivity contribution in [2.24, 2.45) is 11.1 Å². The van der Waals surface area contributed by atoms with Gasteiger partial charge in [0.05, 0.1) is 13.5 Å². The summed E-state index contributed by atoms with van der Waals surface area (Å²) in [5.74, 6) is -1.48. The molecule has 1 atom stereocenters. The molecular formula is C12H18N2O6. The normalized spacial score (nSPS) is 17.2. The van der Waals surface area contributed by atoms with Crippen molar-refractivity contribution in [1.82, 2.24) is 5.32 Å². The minimum Gasteiger partial charge on any atom is -0.464 e. The molecule has 0 saturated heterocycles. The highest BCUT2D eigenvalue weighted by atomic mass is 16.7. The van der Waals surface area contributed by atoms with E-state index in [0.29, 0.717) is 12.5 Å². The summed E-state index contributed by atoms with van der Waals surface area (Å²) >= 11 is 0. The molecule has 1 N–H and O–H groups in total. The number of hydrogen-bond acceptors (Lipinski definition) is 7. The highest BCUT2D eigenvalue weighted by Gasteiger charge is 2.33. The Morgan fingerprint density at radius 1 is 1.45 bits per heavy atom. The van der Waals surface area contributed by atoms with Gasteiger partial charge < -0.3 is 19.6 Å². The molecule has 20 heavy (non-hydrogen) atoms. The molecule has 1 aliphatic heterocycles. The molecule has 0 aromatic heterocycles. The summed E-state index contributed by atoms with van der Waals surface area (Å²) in [4.78, 5) is 38.9. The Labute approximate surface area is 116 Å². The van der Waals surface area contributed by atoms with Crippen LogP contribution in [0.15, 0.2) is 5.16 Å². The van der Waals surface area contributed by atoms with Gasteiger partial charge in [-0.3, -0.25) is 4.79 Å². The second-order valence-electron chi connectivity index (χ2n) is 4.63.